The van der Waals surface area contributed by atoms with Gasteiger partial charge in [0.15, 0.2) is 0 Å². The van der Waals surface area contributed by atoms with Gasteiger partial charge in [-0.15, -0.1) is 0 Å². The van der Waals surface area contributed by atoms with Crippen LogP contribution in [0.15, 0.2) is 85.1 Å². The van der Waals surface area contributed by atoms with Crippen LogP contribution in [0.2, 0.25) is 10.0 Å². The van der Waals surface area contributed by atoms with E-state index in [1.807, 2.05) is 37.3 Å². The molecule has 4 aromatic rings. The molecule has 0 unspecified atom stereocenters. The van der Waals surface area contributed by atoms with Crippen LogP contribution in [0.25, 0.3) is 0 Å². The smallest absolute Gasteiger partial charge is 0.332 e. The van der Waals surface area contributed by atoms with Gasteiger partial charge in [0, 0.05) is 12.3 Å². The van der Waals surface area contributed by atoms with E-state index in [0.717, 1.165) is 5.56 Å². The molecule has 4 rings (SSSR count). The minimum absolute atomic E-state index is 0.0773. The van der Waals surface area contributed by atoms with Crippen molar-refractivity contribution >= 4 is 52.4 Å². The summed E-state index contributed by atoms with van der Waals surface area (Å²) in [5.41, 5.74) is 1.70. The lowest BCUT2D eigenvalue weighted by Crippen LogP contribution is -2.32. The van der Waals surface area contributed by atoms with Crippen molar-refractivity contribution in [1.29, 1.82) is 0 Å². The molecular weight excluding hydrogens is 476 g/mol. The van der Waals surface area contributed by atoms with Gasteiger partial charge in [0.1, 0.15) is 11.6 Å². The van der Waals surface area contributed by atoms with E-state index in [1.165, 1.54) is 35.4 Å². The van der Waals surface area contributed by atoms with Gasteiger partial charge in [0.2, 0.25) is 5.95 Å². The Kier molecular flexibility index (Phi) is 7.25. The predicted molar refractivity (Wildman–Crippen MR) is 135 cm³/mol. The van der Waals surface area contributed by atoms with Gasteiger partial charge in [-0.1, -0.05) is 59.6 Å². The van der Waals surface area contributed by atoms with Gasteiger partial charge in [0.05, 0.1) is 27.5 Å². The van der Waals surface area contributed by atoms with Gasteiger partial charge >= 0.3 is 6.03 Å². The highest BCUT2D eigenvalue weighted by atomic mass is 35.5. The van der Waals surface area contributed by atoms with Crippen molar-refractivity contribution in [2.24, 2.45) is 0 Å². The van der Waals surface area contributed by atoms with E-state index in [2.05, 4.69) is 20.6 Å². The quantitative estimate of drug-likeness (QED) is 0.291. The molecule has 6 nitrogen and oxygen atoms in total. The fourth-order valence-corrected chi connectivity index (χ4v) is 3.78. The summed E-state index contributed by atoms with van der Waals surface area (Å²) in [6.45, 7) is 1.98. The monoisotopic (exact) mass is 495 g/mol. The summed E-state index contributed by atoms with van der Waals surface area (Å²) < 4.78 is 13.6. The average Bonchev–Trinajstić information content (AvgIpc) is 2.84. The largest absolute Gasteiger partial charge is 0.348 e. The molecule has 0 aliphatic rings. The van der Waals surface area contributed by atoms with Crippen LogP contribution in [-0.2, 0) is 0 Å². The fourth-order valence-electron chi connectivity index (χ4n) is 3.29. The first-order valence-corrected chi connectivity index (χ1v) is 11.1. The normalized spacial score (nSPS) is 11.5. The maximum absolute atomic E-state index is 13.6. The second-order valence-corrected chi connectivity index (χ2v) is 8.17. The number of anilines is 4. The van der Waals surface area contributed by atoms with Crippen LogP contribution in [0.5, 0.6) is 0 Å². The number of carbonyl (C=O) groups excluding carboxylic acids is 1. The van der Waals surface area contributed by atoms with Crippen LogP contribution < -0.4 is 15.5 Å². The van der Waals surface area contributed by atoms with E-state index < -0.39 is 11.8 Å². The Hall–Kier alpha value is -3.68. The Labute approximate surface area is 206 Å². The van der Waals surface area contributed by atoms with Gasteiger partial charge in [-0.25, -0.2) is 19.1 Å². The van der Waals surface area contributed by atoms with Crippen molar-refractivity contribution < 1.29 is 9.18 Å². The number of halogens is 3. The highest BCUT2D eigenvalue weighted by molar-refractivity contribution is 6.40. The lowest BCUT2D eigenvalue weighted by Gasteiger charge is -2.24. The molecule has 0 fully saturated rings. The Balaban J connectivity index is 1.67. The number of nitrogens with one attached hydrogen (secondary N) is 2. The Bertz CT molecular complexity index is 1270. The zero-order valence-corrected chi connectivity index (χ0v) is 19.6. The molecule has 1 aromatic heterocycles. The van der Waals surface area contributed by atoms with E-state index in [1.54, 1.807) is 24.3 Å². The summed E-state index contributed by atoms with van der Waals surface area (Å²) in [4.78, 5) is 23.5. The number of rotatable bonds is 6. The minimum atomic E-state index is -0.581. The molecule has 1 heterocycles. The molecule has 3 aromatic carbocycles. The van der Waals surface area contributed by atoms with Gasteiger partial charge in [-0.2, -0.15) is 4.98 Å². The molecule has 0 spiro atoms. The zero-order valence-electron chi connectivity index (χ0n) is 18.0. The number of urea groups is 1. The molecule has 0 saturated carbocycles. The third-order valence-corrected chi connectivity index (χ3v) is 5.63. The first-order valence-electron chi connectivity index (χ1n) is 10.4. The zero-order chi connectivity index (χ0) is 24.1. The van der Waals surface area contributed by atoms with E-state index >= 15 is 0 Å². The van der Waals surface area contributed by atoms with E-state index in [9.17, 15) is 9.18 Å². The predicted octanol–water partition coefficient (Wildman–Crippen LogP) is 7.47. The molecule has 0 aliphatic carbocycles. The van der Waals surface area contributed by atoms with Crippen molar-refractivity contribution in [3.8, 4) is 0 Å². The van der Waals surface area contributed by atoms with Crippen LogP contribution in [0.3, 0.4) is 0 Å². The summed E-state index contributed by atoms with van der Waals surface area (Å²) >= 11 is 12.5. The Morgan fingerprint density at radius 3 is 2.29 bits per heavy atom. The number of benzene rings is 3. The standard InChI is InChI=1S/C25H20Cl2FN5O/c1-16(17-6-3-2-4-7-17)30-24-29-15-14-22(31-24)33(19-12-10-18(28)11-13-19)25(34)32-23-20(26)8-5-9-21(23)27/h2-16H,1H3,(H,32,34)(H,29,30,31)/t16-/m0/s1. The number of aromatic nitrogens is 2. The molecular formula is C25H20Cl2FN5O. The lowest BCUT2D eigenvalue weighted by atomic mass is 10.1. The first kappa shape index (κ1) is 23.5. The number of amides is 2. The fraction of sp³-hybridized carbons (Fsp3) is 0.0800. The molecule has 0 bridgehead atoms. The van der Waals surface area contributed by atoms with Crippen molar-refractivity contribution in [3.63, 3.8) is 0 Å². The van der Waals surface area contributed by atoms with Crippen LogP contribution in [0, 0.1) is 5.82 Å². The third-order valence-electron chi connectivity index (χ3n) is 5.00. The molecule has 0 radical (unpaired) electrons. The lowest BCUT2D eigenvalue weighted by molar-refractivity contribution is 0.259. The van der Waals surface area contributed by atoms with Crippen LogP contribution in [0.4, 0.5) is 32.3 Å². The summed E-state index contributed by atoms with van der Waals surface area (Å²) in [7, 11) is 0. The van der Waals surface area contributed by atoms with Crippen molar-refractivity contribution in [2.75, 3.05) is 15.5 Å². The summed E-state index contributed by atoms with van der Waals surface area (Å²) in [6, 6.07) is 21.1. The number of carbonyl (C=O) groups is 1. The molecule has 2 N–H and O–H groups in total. The van der Waals surface area contributed by atoms with E-state index in [-0.39, 0.29) is 27.6 Å². The first-order chi connectivity index (χ1) is 16.4. The molecule has 34 heavy (non-hydrogen) atoms. The van der Waals surface area contributed by atoms with Gasteiger partial charge in [-0.05, 0) is 48.9 Å². The van der Waals surface area contributed by atoms with Gasteiger partial charge in [0.25, 0.3) is 0 Å². The van der Waals surface area contributed by atoms with Gasteiger partial charge in [-0.3, -0.25) is 0 Å². The molecule has 9 heteroatoms. The molecule has 172 valence electrons. The van der Waals surface area contributed by atoms with Gasteiger partial charge < -0.3 is 10.6 Å². The SMILES string of the molecule is C[C@H](Nc1nccc(N(C(=O)Nc2c(Cl)cccc2Cl)c2ccc(F)cc2)n1)c1ccccc1. The molecule has 2 amide bonds. The number of para-hydroxylation sites is 1. The number of nitrogens with zero attached hydrogens (tertiary/aromatic N) is 3. The number of hydrogen-bond donors (Lipinski definition) is 2. The van der Waals surface area contributed by atoms with Crippen molar-refractivity contribution in [2.45, 2.75) is 13.0 Å². The Morgan fingerprint density at radius 2 is 1.62 bits per heavy atom. The summed E-state index contributed by atoms with van der Waals surface area (Å²) in [5.74, 6) is 0.162. The van der Waals surface area contributed by atoms with Crippen LogP contribution >= 0.6 is 23.2 Å². The number of hydrogen-bond acceptors (Lipinski definition) is 4. The molecule has 1 atom stereocenters. The maximum Gasteiger partial charge on any atom is 0.332 e. The Morgan fingerprint density at radius 1 is 0.941 bits per heavy atom. The maximum atomic E-state index is 13.6. The average molecular weight is 496 g/mol. The molecule has 0 aliphatic heterocycles. The highest BCUT2D eigenvalue weighted by Crippen LogP contribution is 2.32. The highest BCUT2D eigenvalue weighted by Gasteiger charge is 2.22. The van der Waals surface area contributed by atoms with E-state index in [4.69, 9.17) is 23.2 Å². The van der Waals surface area contributed by atoms with Crippen LogP contribution in [0.1, 0.15) is 18.5 Å². The third kappa shape index (κ3) is 5.44. The van der Waals surface area contributed by atoms with E-state index in [0.29, 0.717) is 11.6 Å². The second-order valence-electron chi connectivity index (χ2n) is 7.35. The minimum Gasteiger partial charge on any atom is -0.348 e. The second kappa shape index (κ2) is 10.5. The van der Waals surface area contributed by atoms with Crippen LogP contribution in [-0.4, -0.2) is 16.0 Å². The van der Waals surface area contributed by atoms with Crippen molar-refractivity contribution in [3.05, 3.63) is 106 Å². The molecule has 0 saturated heterocycles. The van der Waals surface area contributed by atoms with Crippen molar-refractivity contribution in [1.82, 2.24) is 9.97 Å². The summed E-state index contributed by atoms with van der Waals surface area (Å²) in [5, 5.41) is 6.52. The topological polar surface area (TPSA) is 70.2 Å². The summed E-state index contributed by atoms with van der Waals surface area (Å²) in [6.07, 6.45) is 1.54.